The van der Waals surface area contributed by atoms with Crippen LogP contribution < -0.4 is 25.2 Å². The standard InChI is InChI=1S/C29H38N4O3/c1-36-27-9-5-4-8-26(27)33-18-16-32(17-19-33)25-14-13-23(20-24(25)29(35)31-22-11-12-22)30-28(34)15-10-21-6-2-3-7-21/h4-5,8-9,13-14,20-22H,2-3,6-7,10-12,15-19H2,1H3,(H,30,34)(H,31,35). The highest BCUT2D eigenvalue weighted by atomic mass is 16.5. The third-order valence-electron chi connectivity index (χ3n) is 7.74. The fourth-order valence-electron chi connectivity index (χ4n) is 5.50. The first kappa shape index (κ1) is 24.5. The van der Waals surface area contributed by atoms with E-state index in [0.717, 1.165) is 62.6 Å². The lowest BCUT2D eigenvalue weighted by molar-refractivity contribution is -0.116. The van der Waals surface area contributed by atoms with Crippen LogP contribution in [0.1, 0.15) is 61.7 Å². The molecule has 3 aliphatic rings. The number of piperazine rings is 1. The third-order valence-corrected chi connectivity index (χ3v) is 7.74. The smallest absolute Gasteiger partial charge is 0.253 e. The van der Waals surface area contributed by atoms with Gasteiger partial charge in [0.15, 0.2) is 0 Å². The molecule has 0 atom stereocenters. The van der Waals surface area contributed by atoms with Crippen molar-refractivity contribution in [3.8, 4) is 5.75 Å². The van der Waals surface area contributed by atoms with Crippen LogP contribution >= 0.6 is 0 Å². The first-order valence-electron chi connectivity index (χ1n) is 13.5. The zero-order valence-electron chi connectivity index (χ0n) is 21.3. The predicted octanol–water partition coefficient (Wildman–Crippen LogP) is 4.82. The second kappa shape index (κ2) is 11.2. The number of benzene rings is 2. The van der Waals surface area contributed by atoms with Crippen molar-refractivity contribution < 1.29 is 14.3 Å². The SMILES string of the molecule is COc1ccccc1N1CCN(c2ccc(NC(=O)CCC3CCCC3)cc2C(=O)NC2CC2)CC1. The summed E-state index contributed by atoms with van der Waals surface area (Å²) in [6.07, 6.45) is 8.65. The van der Waals surface area contributed by atoms with E-state index in [4.69, 9.17) is 4.74 Å². The maximum absolute atomic E-state index is 13.2. The van der Waals surface area contributed by atoms with E-state index >= 15 is 0 Å². The van der Waals surface area contributed by atoms with Crippen molar-refractivity contribution in [2.24, 2.45) is 5.92 Å². The van der Waals surface area contributed by atoms with Gasteiger partial charge in [-0.05, 0) is 55.5 Å². The predicted molar refractivity (Wildman–Crippen MR) is 144 cm³/mol. The van der Waals surface area contributed by atoms with E-state index in [1.54, 1.807) is 7.11 Å². The minimum atomic E-state index is -0.0540. The molecule has 36 heavy (non-hydrogen) atoms. The second-order valence-corrected chi connectivity index (χ2v) is 10.4. The fourth-order valence-corrected chi connectivity index (χ4v) is 5.50. The molecule has 0 aromatic heterocycles. The van der Waals surface area contributed by atoms with Crippen LogP contribution in [-0.2, 0) is 4.79 Å². The number of ether oxygens (including phenoxy) is 1. The zero-order valence-corrected chi connectivity index (χ0v) is 21.3. The van der Waals surface area contributed by atoms with E-state index in [0.29, 0.717) is 23.6 Å². The van der Waals surface area contributed by atoms with E-state index in [-0.39, 0.29) is 17.9 Å². The number of hydrogen-bond donors (Lipinski definition) is 2. The Balaban J connectivity index is 1.27. The molecule has 1 heterocycles. The molecule has 7 heteroatoms. The molecule has 2 aromatic rings. The lowest BCUT2D eigenvalue weighted by Gasteiger charge is -2.38. The summed E-state index contributed by atoms with van der Waals surface area (Å²) in [5, 5.41) is 6.18. The summed E-state index contributed by atoms with van der Waals surface area (Å²) in [6, 6.07) is 14.2. The highest BCUT2D eigenvalue weighted by Crippen LogP contribution is 2.32. The zero-order chi connectivity index (χ0) is 24.9. The molecule has 0 radical (unpaired) electrons. The molecule has 7 nitrogen and oxygen atoms in total. The van der Waals surface area contributed by atoms with Crippen molar-refractivity contribution in [2.75, 3.05) is 48.4 Å². The summed E-state index contributed by atoms with van der Waals surface area (Å²) >= 11 is 0. The number of amides is 2. The normalized spacial score (nSPS) is 18.2. The molecule has 0 unspecified atom stereocenters. The van der Waals surface area contributed by atoms with Gasteiger partial charge in [-0.2, -0.15) is 0 Å². The molecule has 2 saturated carbocycles. The van der Waals surface area contributed by atoms with Crippen molar-refractivity contribution in [2.45, 2.75) is 57.4 Å². The van der Waals surface area contributed by atoms with Crippen LogP contribution in [0.3, 0.4) is 0 Å². The van der Waals surface area contributed by atoms with Crippen LogP contribution in [0.25, 0.3) is 0 Å². The minimum absolute atomic E-state index is 0.0358. The Morgan fingerprint density at radius 1 is 0.917 bits per heavy atom. The Bertz CT molecular complexity index is 1070. The second-order valence-electron chi connectivity index (χ2n) is 10.4. The molecule has 2 aliphatic carbocycles. The Morgan fingerprint density at radius 3 is 2.31 bits per heavy atom. The van der Waals surface area contributed by atoms with Crippen LogP contribution in [0.5, 0.6) is 5.75 Å². The highest BCUT2D eigenvalue weighted by molar-refractivity contribution is 6.02. The van der Waals surface area contributed by atoms with Gasteiger partial charge in [-0.3, -0.25) is 9.59 Å². The lowest BCUT2D eigenvalue weighted by Crippen LogP contribution is -2.47. The van der Waals surface area contributed by atoms with Gasteiger partial charge in [0.05, 0.1) is 18.4 Å². The van der Waals surface area contributed by atoms with Gasteiger partial charge < -0.3 is 25.2 Å². The summed E-state index contributed by atoms with van der Waals surface area (Å²) in [7, 11) is 1.70. The molecular formula is C29H38N4O3. The monoisotopic (exact) mass is 490 g/mol. The molecule has 0 bridgehead atoms. The van der Waals surface area contributed by atoms with Gasteiger partial charge in [0.25, 0.3) is 5.91 Å². The van der Waals surface area contributed by atoms with E-state index in [1.165, 1.54) is 25.7 Å². The quantitative estimate of drug-likeness (QED) is 0.527. The topological polar surface area (TPSA) is 73.9 Å². The summed E-state index contributed by atoms with van der Waals surface area (Å²) in [6.45, 7) is 3.27. The number of carbonyl (C=O) groups is 2. The number of methoxy groups -OCH3 is 1. The van der Waals surface area contributed by atoms with Crippen molar-refractivity contribution >= 4 is 28.9 Å². The molecule has 2 amide bonds. The largest absolute Gasteiger partial charge is 0.495 e. The first-order chi connectivity index (χ1) is 17.6. The number of nitrogens with zero attached hydrogens (tertiary/aromatic N) is 2. The Kier molecular flexibility index (Phi) is 7.63. The molecular weight excluding hydrogens is 452 g/mol. The van der Waals surface area contributed by atoms with Gasteiger partial charge in [-0.15, -0.1) is 0 Å². The molecule has 2 aromatic carbocycles. The van der Waals surface area contributed by atoms with Crippen molar-refractivity contribution in [3.05, 3.63) is 48.0 Å². The summed E-state index contributed by atoms with van der Waals surface area (Å²) in [4.78, 5) is 30.4. The molecule has 1 saturated heterocycles. The van der Waals surface area contributed by atoms with Gasteiger partial charge in [-0.25, -0.2) is 0 Å². The van der Waals surface area contributed by atoms with Gasteiger partial charge in [-0.1, -0.05) is 37.8 Å². The molecule has 5 rings (SSSR count). The van der Waals surface area contributed by atoms with Crippen LogP contribution in [-0.4, -0.2) is 51.1 Å². The average Bonchev–Trinajstić information content (AvgIpc) is 3.57. The highest BCUT2D eigenvalue weighted by Gasteiger charge is 2.28. The van der Waals surface area contributed by atoms with Crippen LogP contribution in [0, 0.1) is 5.92 Å². The molecule has 2 N–H and O–H groups in total. The number of carbonyl (C=O) groups excluding carboxylic acids is 2. The van der Waals surface area contributed by atoms with Crippen molar-refractivity contribution in [1.82, 2.24) is 5.32 Å². The number of nitrogens with one attached hydrogen (secondary N) is 2. The van der Waals surface area contributed by atoms with Crippen LogP contribution in [0.15, 0.2) is 42.5 Å². The summed E-state index contributed by atoms with van der Waals surface area (Å²) in [5.74, 6) is 1.55. The third kappa shape index (κ3) is 5.94. The van der Waals surface area contributed by atoms with Gasteiger partial charge >= 0.3 is 0 Å². The Morgan fingerprint density at radius 2 is 1.61 bits per heavy atom. The molecule has 192 valence electrons. The summed E-state index contributed by atoms with van der Waals surface area (Å²) < 4.78 is 5.55. The van der Waals surface area contributed by atoms with Gasteiger partial charge in [0.2, 0.25) is 5.91 Å². The summed E-state index contributed by atoms with van der Waals surface area (Å²) in [5.41, 5.74) is 3.36. The van der Waals surface area contributed by atoms with Crippen LogP contribution in [0.4, 0.5) is 17.1 Å². The van der Waals surface area contributed by atoms with Crippen LogP contribution in [0.2, 0.25) is 0 Å². The maximum Gasteiger partial charge on any atom is 0.253 e. The molecule has 1 aliphatic heterocycles. The van der Waals surface area contributed by atoms with Crippen molar-refractivity contribution in [1.29, 1.82) is 0 Å². The number of hydrogen-bond acceptors (Lipinski definition) is 5. The van der Waals surface area contributed by atoms with E-state index in [9.17, 15) is 9.59 Å². The molecule has 3 fully saturated rings. The number of anilines is 3. The Hall–Kier alpha value is -3.22. The van der Waals surface area contributed by atoms with E-state index < -0.39 is 0 Å². The fraction of sp³-hybridized carbons (Fsp3) is 0.517. The minimum Gasteiger partial charge on any atom is -0.495 e. The Labute approximate surface area is 214 Å². The first-order valence-corrected chi connectivity index (χ1v) is 13.5. The van der Waals surface area contributed by atoms with Gasteiger partial charge in [0, 0.05) is 50.0 Å². The maximum atomic E-state index is 13.2. The molecule has 0 spiro atoms. The number of rotatable bonds is 9. The lowest BCUT2D eigenvalue weighted by atomic mass is 10.0. The van der Waals surface area contributed by atoms with Gasteiger partial charge in [0.1, 0.15) is 5.75 Å². The number of para-hydroxylation sites is 2. The van der Waals surface area contributed by atoms with E-state index in [1.807, 2.05) is 36.4 Å². The van der Waals surface area contributed by atoms with Crippen molar-refractivity contribution in [3.63, 3.8) is 0 Å². The van der Waals surface area contributed by atoms with E-state index in [2.05, 4.69) is 26.5 Å². The average molecular weight is 491 g/mol.